The number of H-pyrrole nitrogens is 1. The smallest absolute Gasteiger partial charge is 0.291 e. The summed E-state index contributed by atoms with van der Waals surface area (Å²) < 4.78 is 63.9. The predicted octanol–water partition coefficient (Wildman–Crippen LogP) is 3.51. The summed E-state index contributed by atoms with van der Waals surface area (Å²) >= 11 is 1.16. The van der Waals surface area contributed by atoms with Crippen molar-refractivity contribution < 1.29 is 25.9 Å². The minimum Gasteiger partial charge on any atom is -0.291 e. The molecule has 0 aliphatic rings. The van der Waals surface area contributed by atoms with Crippen molar-refractivity contribution in [3.8, 4) is 16.4 Å². The third-order valence-corrected chi connectivity index (χ3v) is 7.13. The van der Waals surface area contributed by atoms with Gasteiger partial charge in [-0.3, -0.25) is 19.0 Å². The minimum absolute atomic E-state index is 0.0214. The highest BCUT2D eigenvalue weighted by molar-refractivity contribution is 7.86. The van der Waals surface area contributed by atoms with E-state index in [0.29, 0.717) is 22.1 Å². The minimum atomic E-state index is -4.33. The normalized spacial score (nSPS) is 12.4. The highest BCUT2D eigenvalue weighted by Gasteiger charge is 2.16. The first-order valence-corrected chi connectivity index (χ1v) is 13.0. The van der Waals surface area contributed by atoms with Gasteiger partial charge in [0.25, 0.3) is 20.2 Å². The average Bonchev–Trinajstić information content (AvgIpc) is 3.36. The average molecular weight is 522 g/mol. The van der Waals surface area contributed by atoms with Crippen LogP contribution in [0.2, 0.25) is 0 Å². The van der Waals surface area contributed by atoms with Gasteiger partial charge in [0.15, 0.2) is 5.69 Å². The summed E-state index contributed by atoms with van der Waals surface area (Å²) in [4.78, 5) is 16.7. The number of aryl methyl sites for hydroxylation is 1. The molecule has 0 amide bonds. The molecular formula is C19H15N5O7S3. The molecule has 0 unspecified atom stereocenters. The van der Waals surface area contributed by atoms with Gasteiger partial charge in [-0.15, -0.1) is 16.5 Å². The molecule has 0 bridgehead atoms. The van der Waals surface area contributed by atoms with Crippen LogP contribution in [0.25, 0.3) is 16.4 Å². The molecule has 0 aliphatic carbocycles. The lowest BCUT2D eigenvalue weighted by Gasteiger charge is -1.99. The fraction of sp³-hybridized carbons (Fsp3) is 0.0526. The van der Waals surface area contributed by atoms with Gasteiger partial charge in [0.05, 0.1) is 26.9 Å². The van der Waals surface area contributed by atoms with Crippen molar-refractivity contribution >= 4 is 42.9 Å². The fourth-order valence-corrected chi connectivity index (χ4v) is 4.63. The molecule has 2 aromatic carbocycles. The van der Waals surface area contributed by atoms with Crippen LogP contribution in [0.15, 0.2) is 78.7 Å². The van der Waals surface area contributed by atoms with E-state index in [1.54, 1.807) is 12.3 Å². The van der Waals surface area contributed by atoms with Crippen LogP contribution in [0.3, 0.4) is 0 Å². The Morgan fingerprint density at radius 3 is 2.03 bits per heavy atom. The number of rotatable bonds is 6. The van der Waals surface area contributed by atoms with Crippen LogP contribution >= 0.6 is 11.3 Å². The van der Waals surface area contributed by atoms with Gasteiger partial charge in [-0.05, 0) is 43.3 Å². The molecule has 0 spiro atoms. The first-order chi connectivity index (χ1) is 15.9. The number of nitrogens with zero attached hydrogens (tertiary/aromatic N) is 4. The summed E-state index contributed by atoms with van der Waals surface area (Å²) in [5.41, 5.74) is 1.26. The summed E-state index contributed by atoms with van der Waals surface area (Å²) in [5.74, 6) is 0. The largest absolute Gasteiger partial charge is 0.301 e. The van der Waals surface area contributed by atoms with Crippen molar-refractivity contribution in [3.63, 3.8) is 0 Å². The zero-order chi connectivity index (χ0) is 24.7. The summed E-state index contributed by atoms with van der Waals surface area (Å²) in [6.45, 7) is 1.62. The van der Waals surface area contributed by atoms with Crippen molar-refractivity contribution in [2.75, 3.05) is 0 Å². The molecule has 0 fully saturated rings. The highest BCUT2D eigenvalue weighted by Crippen LogP contribution is 2.26. The summed E-state index contributed by atoms with van der Waals surface area (Å²) in [7, 11) is -8.64. The Morgan fingerprint density at radius 1 is 0.912 bits per heavy atom. The molecule has 0 saturated heterocycles. The van der Waals surface area contributed by atoms with Gasteiger partial charge in [-0.25, -0.2) is 4.98 Å². The number of aromatic nitrogens is 3. The van der Waals surface area contributed by atoms with E-state index in [1.165, 1.54) is 41.1 Å². The van der Waals surface area contributed by atoms with E-state index in [9.17, 15) is 21.6 Å². The zero-order valence-electron chi connectivity index (χ0n) is 17.1. The van der Waals surface area contributed by atoms with Crippen LogP contribution in [-0.2, 0) is 20.2 Å². The molecule has 0 radical (unpaired) electrons. The molecule has 34 heavy (non-hydrogen) atoms. The standard InChI is InChI=1S/C19H15N5O7S3/c1-11-17(22-21-13-4-8-15(9-5-13)34(29,30)31)18(25)24(23-11)19-20-16(10-32-19)12-2-6-14(7-3-12)33(26,27)28/h2-10,23H,1H3,(H,26,27,28)(H,29,30,31). The molecule has 2 aromatic heterocycles. The van der Waals surface area contributed by atoms with Gasteiger partial charge < -0.3 is 0 Å². The number of azo groups is 1. The van der Waals surface area contributed by atoms with Gasteiger partial charge in [0, 0.05) is 10.9 Å². The molecule has 0 saturated carbocycles. The van der Waals surface area contributed by atoms with Crippen molar-refractivity contribution in [1.82, 2.24) is 14.8 Å². The Kier molecular flexibility index (Phi) is 6.05. The molecular weight excluding hydrogens is 506 g/mol. The first kappa shape index (κ1) is 23.7. The number of aromatic amines is 1. The van der Waals surface area contributed by atoms with Crippen molar-refractivity contribution in [1.29, 1.82) is 0 Å². The number of nitrogens with one attached hydrogen (secondary N) is 1. The fourth-order valence-electron chi connectivity index (χ4n) is 2.88. The second-order valence-electron chi connectivity index (χ2n) is 6.91. The van der Waals surface area contributed by atoms with Gasteiger partial charge in [0.1, 0.15) is 0 Å². The van der Waals surface area contributed by atoms with Gasteiger partial charge in [-0.1, -0.05) is 12.1 Å². The lowest BCUT2D eigenvalue weighted by Crippen LogP contribution is -2.13. The van der Waals surface area contributed by atoms with E-state index in [-0.39, 0.29) is 21.2 Å². The van der Waals surface area contributed by atoms with Gasteiger partial charge >= 0.3 is 5.56 Å². The van der Waals surface area contributed by atoms with Crippen molar-refractivity contribution in [2.45, 2.75) is 16.7 Å². The van der Waals surface area contributed by atoms with Crippen LogP contribution in [-0.4, -0.2) is 40.7 Å². The Bertz CT molecular complexity index is 1670. The second-order valence-corrected chi connectivity index (χ2v) is 10.6. The van der Waals surface area contributed by atoms with Gasteiger partial charge in [0.2, 0.25) is 5.13 Å². The predicted molar refractivity (Wildman–Crippen MR) is 122 cm³/mol. The second kappa shape index (κ2) is 8.69. The first-order valence-electron chi connectivity index (χ1n) is 9.28. The number of thiazole rings is 1. The maximum Gasteiger partial charge on any atom is 0.301 e. The zero-order valence-corrected chi connectivity index (χ0v) is 19.6. The summed E-state index contributed by atoms with van der Waals surface area (Å²) in [5, 5.41) is 12.7. The lowest BCUT2D eigenvalue weighted by atomic mass is 10.2. The third kappa shape index (κ3) is 4.87. The highest BCUT2D eigenvalue weighted by atomic mass is 32.2. The van der Waals surface area contributed by atoms with Crippen LogP contribution in [0, 0.1) is 6.92 Å². The third-order valence-electron chi connectivity index (χ3n) is 4.57. The summed E-state index contributed by atoms with van der Waals surface area (Å²) in [6, 6.07) is 10.4. The number of hydrogen-bond acceptors (Lipinski definition) is 9. The van der Waals surface area contributed by atoms with E-state index < -0.39 is 25.8 Å². The van der Waals surface area contributed by atoms with Crippen molar-refractivity contribution in [2.24, 2.45) is 10.2 Å². The van der Waals surface area contributed by atoms with E-state index in [1.807, 2.05) is 0 Å². The molecule has 4 rings (SSSR count). The Balaban J connectivity index is 1.60. The summed E-state index contributed by atoms with van der Waals surface area (Å²) in [6.07, 6.45) is 0. The molecule has 12 nitrogen and oxygen atoms in total. The lowest BCUT2D eigenvalue weighted by molar-refractivity contribution is 0.481. The van der Waals surface area contributed by atoms with E-state index in [2.05, 4.69) is 20.3 Å². The number of hydrogen-bond donors (Lipinski definition) is 3. The molecule has 0 atom stereocenters. The number of benzene rings is 2. The quantitative estimate of drug-likeness (QED) is 0.254. The van der Waals surface area contributed by atoms with E-state index in [4.69, 9.17) is 9.11 Å². The van der Waals surface area contributed by atoms with Crippen LogP contribution in [0.1, 0.15) is 5.69 Å². The molecule has 15 heteroatoms. The Hall–Kier alpha value is -3.50. The van der Waals surface area contributed by atoms with Gasteiger partial charge in [-0.2, -0.15) is 26.6 Å². The van der Waals surface area contributed by atoms with E-state index in [0.717, 1.165) is 23.5 Å². The van der Waals surface area contributed by atoms with Crippen LogP contribution < -0.4 is 5.56 Å². The Morgan fingerprint density at radius 2 is 1.47 bits per heavy atom. The van der Waals surface area contributed by atoms with Crippen LogP contribution in [0.4, 0.5) is 11.4 Å². The van der Waals surface area contributed by atoms with E-state index >= 15 is 0 Å². The van der Waals surface area contributed by atoms with Crippen molar-refractivity contribution in [3.05, 3.63) is 70.0 Å². The maximum atomic E-state index is 12.8. The monoisotopic (exact) mass is 521 g/mol. The SMILES string of the molecule is Cc1[nH]n(-c2nc(-c3ccc(S(=O)(=O)O)cc3)cs2)c(=O)c1N=Nc1ccc(S(=O)(=O)O)cc1. The topological polar surface area (TPSA) is 184 Å². The molecule has 2 heterocycles. The Labute approximate surface area is 196 Å². The molecule has 3 N–H and O–H groups in total. The molecule has 4 aromatic rings. The molecule has 0 aliphatic heterocycles. The molecule has 176 valence electrons. The maximum absolute atomic E-state index is 12.8. The van der Waals surface area contributed by atoms with Crippen LogP contribution in [0.5, 0.6) is 0 Å².